The Bertz CT molecular complexity index is 1040. The molecule has 0 bridgehead atoms. The van der Waals surface area contributed by atoms with Crippen molar-refractivity contribution in [2.45, 2.75) is 24.9 Å². The van der Waals surface area contributed by atoms with Crippen LogP contribution in [-0.4, -0.2) is 43.8 Å². The van der Waals surface area contributed by atoms with E-state index in [4.69, 9.17) is 0 Å². The minimum atomic E-state index is -4.42. The SMILES string of the molecule is O=C(c1cnccn1)N1CCC[C@H](c2cncc(-c3cccc(C(F)(F)F)c3)n2)C1. The van der Waals surface area contributed by atoms with Crippen LogP contribution in [0.3, 0.4) is 0 Å². The van der Waals surface area contributed by atoms with E-state index in [0.29, 0.717) is 30.0 Å². The molecule has 0 spiro atoms. The van der Waals surface area contributed by atoms with Crippen LogP contribution in [0.1, 0.15) is 40.5 Å². The summed E-state index contributed by atoms with van der Waals surface area (Å²) in [5.74, 6) is -0.257. The molecule has 1 aliphatic heterocycles. The van der Waals surface area contributed by atoms with Crippen molar-refractivity contribution in [1.29, 1.82) is 0 Å². The molecule has 0 unspecified atom stereocenters. The molecule has 3 heterocycles. The Balaban J connectivity index is 1.56. The van der Waals surface area contributed by atoms with Crippen LogP contribution >= 0.6 is 0 Å². The van der Waals surface area contributed by atoms with E-state index in [1.165, 1.54) is 30.9 Å². The highest BCUT2D eigenvalue weighted by atomic mass is 19.4. The van der Waals surface area contributed by atoms with Crippen molar-refractivity contribution in [2.24, 2.45) is 0 Å². The van der Waals surface area contributed by atoms with Gasteiger partial charge >= 0.3 is 6.18 Å². The van der Waals surface area contributed by atoms with Crippen LogP contribution in [0.25, 0.3) is 11.3 Å². The smallest absolute Gasteiger partial charge is 0.337 e. The van der Waals surface area contributed by atoms with Crippen molar-refractivity contribution in [3.8, 4) is 11.3 Å². The van der Waals surface area contributed by atoms with Gasteiger partial charge in [0.05, 0.1) is 29.3 Å². The maximum atomic E-state index is 13.0. The maximum Gasteiger partial charge on any atom is 0.416 e. The monoisotopic (exact) mass is 413 g/mol. The fourth-order valence-electron chi connectivity index (χ4n) is 3.55. The zero-order valence-corrected chi connectivity index (χ0v) is 15.9. The first-order chi connectivity index (χ1) is 14.4. The van der Waals surface area contributed by atoms with Crippen LogP contribution in [0.15, 0.2) is 55.2 Å². The van der Waals surface area contributed by atoms with Gasteiger partial charge in [0.2, 0.25) is 0 Å². The van der Waals surface area contributed by atoms with Crippen LogP contribution in [0.5, 0.6) is 0 Å². The molecule has 1 fully saturated rings. The number of likely N-dealkylation sites (tertiary alicyclic amines) is 1. The molecular formula is C21H18F3N5O. The average Bonchev–Trinajstić information content (AvgIpc) is 2.79. The number of hydrogen-bond acceptors (Lipinski definition) is 5. The fraction of sp³-hybridized carbons (Fsp3) is 0.286. The predicted molar refractivity (Wildman–Crippen MR) is 102 cm³/mol. The summed E-state index contributed by atoms with van der Waals surface area (Å²) in [4.78, 5) is 31.1. The quantitative estimate of drug-likeness (QED) is 0.650. The number of carbonyl (C=O) groups excluding carboxylic acids is 1. The number of piperidine rings is 1. The van der Waals surface area contributed by atoms with Crippen LogP contribution in [-0.2, 0) is 6.18 Å². The van der Waals surface area contributed by atoms with Gasteiger partial charge in [-0.2, -0.15) is 13.2 Å². The number of rotatable bonds is 3. The van der Waals surface area contributed by atoms with Gasteiger partial charge in [-0.25, -0.2) is 9.97 Å². The lowest BCUT2D eigenvalue weighted by Gasteiger charge is -2.32. The van der Waals surface area contributed by atoms with E-state index in [1.807, 2.05) is 0 Å². The van der Waals surface area contributed by atoms with Gasteiger partial charge in [-0.1, -0.05) is 12.1 Å². The second-order valence-corrected chi connectivity index (χ2v) is 7.09. The molecule has 1 aromatic carbocycles. The Morgan fingerprint density at radius 3 is 2.73 bits per heavy atom. The summed E-state index contributed by atoms with van der Waals surface area (Å²) < 4.78 is 39.1. The topological polar surface area (TPSA) is 71.9 Å². The molecule has 0 aliphatic carbocycles. The molecule has 0 N–H and O–H groups in total. The predicted octanol–water partition coefficient (Wildman–Crippen LogP) is 3.97. The van der Waals surface area contributed by atoms with Crippen molar-refractivity contribution in [2.75, 3.05) is 13.1 Å². The van der Waals surface area contributed by atoms with Gasteiger partial charge in [0, 0.05) is 43.2 Å². The lowest BCUT2D eigenvalue weighted by molar-refractivity contribution is -0.137. The number of hydrogen-bond donors (Lipinski definition) is 0. The van der Waals surface area contributed by atoms with Gasteiger partial charge in [-0.05, 0) is 25.0 Å². The van der Waals surface area contributed by atoms with Gasteiger partial charge in [-0.3, -0.25) is 14.8 Å². The van der Waals surface area contributed by atoms with E-state index in [1.54, 1.807) is 17.2 Å². The summed E-state index contributed by atoms with van der Waals surface area (Å²) in [5, 5.41) is 0. The standard InChI is InChI=1S/C21H18F3N5O/c22-21(23,24)16-5-1-3-14(9-16)17-10-26-11-18(28-17)15-4-2-8-29(13-15)20(30)19-12-25-6-7-27-19/h1,3,5-7,9-12,15H,2,4,8,13H2/t15-/m0/s1. The van der Waals surface area contributed by atoms with Gasteiger partial charge < -0.3 is 4.90 Å². The van der Waals surface area contributed by atoms with Crippen LogP contribution in [0, 0.1) is 0 Å². The van der Waals surface area contributed by atoms with Crippen LogP contribution < -0.4 is 0 Å². The van der Waals surface area contributed by atoms with E-state index in [0.717, 1.165) is 25.0 Å². The second kappa shape index (κ2) is 8.17. The Morgan fingerprint density at radius 2 is 1.97 bits per heavy atom. The molecule has 1 amide bonds. The number of halogens is 3. The number of nitrogens with zero attached hydrogens (tertiary/aromatic N) is 5. The first-order valence-corrected chi connectivity index (χ1v) is 9.46. The third kappa shape index (κ3) is 4.29. The van der Waals surface area contributed by atoms with Crippen molar-refractivity contribution < 1.29 is 18.0 Å². The van der Waals surface area contributed by atoms with Crippen molar-refractivity contribution in [3.63, 3.8) is 0 Å². The van der Waals surface area contributed by atoms with E-state index < -0.39 is 11.7 Å². The Morgan fingerprint density at radius 1 is 1.10 bits per heavy atom. The third-order valence-corrected chi connectivity index (χ3v) is 5.05. The van der Waals surface area contributed by atoms with Crippen LogP contribution in [0.4, 0.5) is 13.2 Å². The Hall–Kier alpha value is -3.36. The van der Waals surface area contributed by atoms with E-state index in [2.05, 4.69) is 19.9 Å². The lowest BCUT2D eigenvalue weighted by atomic mass is 9.94. The molecule has 1 aliphatic rings. The van der Waals surface area contributed by atoms with Gasteiger partial charge in [0.25, 0.3) is 5.91 Å². The molecule has 0 radical (unpaired) electrons. The van der Waals surface area contributed by atoms with E-state index >= 15 is 0 Å². The summed E-state index contributed by atoms with van der Waals surface area (Å²) in [6.07, 6.45) is 4.63. The molecular weight excluding hydrogens is 395 g/mol. The molecule has 6 nitrogen and oxygen atoms in total. The summed E-state index contributed by atoms with van der Waals surface area (Å²) in [6.45, 7) is 1.04. The highest BCUT2D eigenvalue weighted by Crippen LogP contribution is 2.32. The number of benzene rings is 1. The number of aromatic nitrogens is 4. The molecule has 4 rings (SSSR count). The number of alkyl halides is 3. The minimum Gasteiger partial charge on any atom is -0.337 e. The Labute approximate surface area is 170 Å². The normalized spacial score (nSPS) is 17.0. The molecule has 3 aromatic rings. The molecule has 1 saturated heterocycles. The maximum absolute atomic E-state index is 13.0. The summed E-state index contributed by atoms with van der Waals surface area (Å²) in [7, 11) is 0. The first-order valence-electron chi connectivity index (χ1n) is 9.46. The van der Waals surface area contributed by atoms with Gasteiger partial charge in [0.15, 0.2) is 0 Å². The summed E-state index contributed by atoms with van der Waals surface area (Å²) in [5.41, 5.74) is 0.924. The molecule has 0 saturated carbocycles. The largest absolute Gasteiger partial charge is 0.416 e. The highest BCUT2D eigenvalue weighted by Gasteiger charge is 2.31. The zero-order chi connectivity index (χ0) is 21.1. The molecule has 9 heteroatoms. The summed E-state index contributed by atoms with van der Waals surface area (Å²) in [6, 6.07) is 5.03. The minimum absolute atomic E-state index is 0.0578. The molecule has 154 valence electrons. The van der Waals surface area contributed by atoms with Crippen molar-refractivity contribution in [3.05, 3.63) is 72.2 Å². The highest BCUT2D eigenvalue weighted by molar-refractivity contribution is 5.92. The lowest BCUT2D eigenvalue weighted by Crippen LogP contribution is -2.39. The fourth-order valence-corrected chi connectivity index (χ4v) is 3.55. The Kier molecular flexibility index (Phi) is 5.43. The van der Waals surface area contributed by atoms with Gasteiger partial charge in [-0.15, -0.1) is 0 Å². The third-order valence-electron chi connectivity index (χ3n) is 5.05. The number of amides is 1. The van der Waals surface area contributed by atoms with Crippen molar-refractivity contribution in [1.82, 2.24) is 24.8 Å². The average molecular weight is 413 g/mol. The van der Waals surface area contributed by atoms with Crippen molar-refractivity contribution >= 4 is 5.91 Å². The molecule has 30 heavy (non-hydrogen) atoms. The van der Waals surface area contributed by atoms with Gasteiger partial charge in [0.1, 0.15) is 5.69 Å². The second-order valence-electron chi connectivity index (χ2n) is 7.09. The summed E-state index contributed by atoms with van der Waals surface area (Å²) >= 11 is 0. The first kappa shape index (κ1) is 19.9. The molecule has 1 atom stereocenters. The van der Waals surface area contributed by atoms with E-state index in [-0.39, 0.29) is 17.5 Å². The number of carbonyl (C=O) groups is 1. The zero-order valence-electron chi connectivity index (χ0n) is 15.9. The van der Waals surface area contributed by atoms with E-state index in [9.17, 15) is 18.0 Å². The van der Waals surface area contributed by atoms with Crippen LogP contribution in [0.2, 0.25) is 0 Å². The molecule has 2 aromatic heterocycles.